The van der Waals surface area contributed by atoms with Crippen molar-refractivity contribution >= 4 is 89.5 Å². The summed E-state index contributed by atoms with van der Waals surface area (Å²) in [5.74, 6) is 0. The Morgan fingerprint density at radius 3 is 0.857 bits per heavy atom. The Bertz CT molecular complexity index is 2970. The van der Waals surface area contributed by atoms with Crippen LogP contribution in [0.4, 0.5) is 0 Å². The van der Waals surface area contributed by atoms with E-state index in [1.165, 1.54) is 12.1 Å². The van der Waals surface area contributed by atoms with E-state index in [4.69, 9.17) is 0 Å². The third-order valence-electron chi connectivity index (χ3n) is 11.1. The van der Waals surface area contributed by atoms with Crippen LogP contribution in [0.2, 0.25) is 0 Å². The first-order valence-electron chi connectivity index (χ1n) is 20.3. The van der Waals surface area contributed by atoms with E-state index in [0.717, 1.165) is 87.5 Å². The Labute approximate surface area is 397 Å². The van der Waals surface area contributed by atoms with E-state index in [1.807, 2.05) is 24.3 Å². The van der Waals surface area contributed by atoms with Crippen LogP contribution < -0.4 is 61.4 Å². The van der Waals surface area contributed by atoms with E-state index in [1.54, 1.807) is 24.3 Å². The molecule has 2 N–H and O–H groups in total. The summed E-state index contributed by atoms with van der Waals surface area (Å²) in [7, 11) is -12.2. The van der Waals surface area contributed by atoms with Crippen molar-refractivity contribution < 1.29 is 56.9 Å². The first kappa shape index (κ1) is 46.9. The monoisotopic (exact) mass is 918 g/mol. The predicted octanol–water partition coefficient (Wildman–Crippen LogP) is 7.25. The molecule has 63 heavy (non-hydrogen) atoms. The molecule has 316 valence electrons. The van der Waals surface area contributed by atoms with Gasteiger partial charge >= 0.3 is 29.6 Å². The Hall–Kier alpha value is -4.04. The minimum absolute atomic E-state index is 0. The number of benzene rings is 8. The number of fused-ring (bicyclic) bond motifs is 2. The Kier molecular flexibility index (Phi) is 13.5. The fourth-order valence-corrected chi connectivity index (χ4v) is 16.3. The number of hydrogen-bond acceptors (Lipinski definition) is 4. The molecule has 0 atom stereocenters. The van der Waals surface area contributed by atoms with Crippen molar-refractivity contribution in [1.29, 1.82) is 0 Å². The summed E-state index contributed by atoms with van der Waals surface area (Å²) in [5, 5.41) is 8.08. The molecule has 0 aromatic heterocycles. The quantitative estimate of drug-likeness (QED) is 0.0898. The molecule has 0 bridgehead atoms. The zero-order chi connectivity index (χ0) is 44.4. The summed E-state index contributed by atoms with van der Waals surface area (Å²) in [6, 6.07) is 43.9. The zero-order valence-electron chi connectivity index (χ0n) is 37.9. The van der Waals surface area contributed by atoms with Crippen LogP contribution in [0.25, 0.3) is 32.7 Å². The summed E-state index contributed by atoms with van der Waals surface area (Å²) in [6.45, 7) is 16.7. The van der Waals surface area contributed by atoms with Crippen LogP contribution in [0.1, 0.15) is 45.9 Å². The van der Waals surface area contributed by atoms with Crippen LogP contribution in [0.15, 0.2) is 143 Å². The first-order valence-corrected chi connectivity index (χ1v) is 25.8. The van der Waals surface area contributed by atoms with Gasteiger partial charge in [-0.25, -0.2) is 0 Å². The molecule has 0 saturated carbocycles. The van der Waals surface area contributed by atoms with E-state index in [0.29, 0.717) is 21.5 Å². The summed E-state index contributed by atoms with van der Waals surface area (Å²) in [5.41, 5.74) is 10.3. The third-order valence-corrected chi connectivity index (χ3v) is 17.8. The van der Waals surface area contributed by atoms with Crippen LogP contribution in [0.5, 0.6) is 0 Å². The van der Waals surface area contributed by atoms with Crippen LogP contribution in [-0.4, -0.2) is 25.9 Å². The van der Waals surface area contributed by atoms with Crippen LogP contribution >= 0.6 is 15.8 Å². The van der Waals surface area contributed by atoms with Gasteiger partial charge in [0.05, 0.1) is 0 Å². The SMILES string of the molecule is Cc1cc(C)cc(P(c2cc(C)cc(C)c2)c2ccc3c(S(=O)(=O)O)cccc3c2-c2c(P(c3cc(C)cc(C)c3)c3cc(C)cc(C)c3)ccc3c(S(=O)(=O)O)cccc23)c1.[H-].[Na+]. The number of aryl methyl sites for hydroxylation is 8. The molecule has 0 heterocycles. The first-order chi connectivity index (χ1) is 29.3. The van der Waals surface area contributed by atoms with Gasteiger partial charge in [-0.1, -0.05) is 166 Å². The fraction of sp³-hybridized carbons (Fsp3) is 0.154. The maximum atomic E-state index is 13.2. The van der Waals surface area contributed by atoms with E-state index < -0.39 is 36.1 Å². The standard InChI is InChI=1S/C52H48O6P2S2.Na.H/c1-31-19-32(2)24-39(23-31)59(40-25-33(3)20-34(4)26-40)47-17-15-43-45(11-9-13-49(43)61(53,54)55)51(47)52-46-12-10-14-50(62(56,57)58)44(46)16-18-48(52)60(41-27-35(5)21-36(6)28-41)42-29-37(7)22-38(8)30-42;;/h9-30H,1-8H3,(H,53,54,55)(H,56,57,58);;/q;+1;-1. The van der Waals surface area contributed by atoms with Gasteiger partial charge in [0.25, 0.3) is 20.2 Å². The van der Waals surface area contributed by atoms with Gasteiger partial charge in [0, 0.05) is 10.8 Å². The Balaban J connectivity index is 0.00000340. The Morgan fingerprint density at radius 2 is 0.619 bits per heavy atom. The van der Waals surface area contributed by atoms with Crippen molar-refractivity contribution in [3.8, 4) is 11.1 Å². The maximum absolute atomic E-state index is 13.2. The second kappa shape index (κ2) is 18.1. The molecular formula is C52H49NaO6P2S2. The van der Waals surface area contributed by atoms with Crippen molar-refractivity contribution in [2.45, 2.75) is 65.2 Å². The molecule has 8 aromatic rings. The van der Waals surface area contributed by atoms with Crippen LogP contribution in [0.3, 0.4) is 0 Å². The average Bonchev–Trinajstić information content (AvgIpc) is 3.15. The molecule has 0 radical (unpaired) electrons. The zero-order valence-corrected chi connectivity index (χ0v) is 42.4. The smallest absolute Gasteiger partial charge is 1.00 e. The molecule has 0 saturated heterocycles. The molecule has 0 unspecified atom stereocenters. The molecule has 8 rings (SSSR count). The van der Waals surface area contributed by atoms with Gasteiger partial charge in [0.15, 0.2) is 0 Å². The van der Waals surface area contributed by atoms with Crippen LogP contribution in [0, 0.1) is 55.4 Å². The molecular weight excluding hydrogens is 870 g/mol. The van der Waals surface area contributed by atoms with Crippen molar-refractivity contribution in [2.24, 2.45) is 0 Å². The second-order valence-corrected chi connectivity index (χ2v) is 23.8. The van der Waals surface area contributed by atoms with Crippen LogP contribution in [-0.2, 0) is 20.2 Å². The van der Waals surface area contributed by atoms with Gasteiger partial charge in [-0.05, 0) is 137 Å². The summed E-state index contributed by atoms with van der Waals surface area (Å²) in [4.78, 5) is -0.451. The summed E-state index contributed by atoms with van der Waals surface area (Å²) in [6.07, 6.45) is 0. The van der Waals surface area contributed by atoms with Gasteiger partial charge in [0.1, 0.15) is 9.79 Å². The molecule has 6 nitrogen and oxygen atoms in total. The number of rotatable bonds is 9. The molecule has 8 aromatic carbocycles. The molecule has 0 aliphatic rings. The summed E-state index contributed by atoms with van der Waals surface area (Å²) < 4.78 is 74.3. The average molecular weight is 919 g/mol. The van der Waals surface area contributed by atoms with Gasteiger partial charge < -0.3 is 1.43 Å². The molecule has 0 spiro atoms. The second-order valence-electron chi connectivity index (χ2n) is 16.6. The molecule has 0 aliphatic heterocycles. The molecule has 11 heteroatoms. The van der Waals surface area contributed by atoms with Crippen molar-refractivity contribution in [3.05, 3.63) is 178 Å². The van der Waals surface area contributed by atoms with Crippen molar-refractivity contribution in [1.82, 2.24) is 0 Å². The van der Waals surface area contributed by atoms with E-state index in [2.05, 4.69) is 128 Å². The normalized spacial score (nSPS) is 12.1. The van der Waals surface area contributed by atoms with E-state index in [9.17, 15) is 25.9 Å². The minimum Gasteiger partial charge on any atom is -1.00 e. The van der Waals surface area contributed by atoms with Gasteiger partial charge in [-0.3, -0.25) is 9.11 Å². The maximum Gasteiger partial charge on any atom is 1.00 e. The van der Waals surface area contributed by atoms with Gasteiger partial charge in [-0.15, -0.1) is 0 Å². The minimum atomic E-state index is -4.69. The van der Waals surface area contributed by atoms with E-state index >= 15 is 0 Å². The third kappa shape index (κ3) is 9.54. The fourth-order valence-electron chi connectivity index (χ4n) is 9.16. The molecule has 0 amide bonds. The topological polar surface area (TPSA) is 109 Å². The number of hydrogen-bond donors (Lipinski definition) is 2. The molecule has 0 fully saturated rings. The van der Waals surface area contributed by atoms with Gasteiger partial charge in [0.2, 0.25) is 0 Å². The van der Waals surface area contributed by atoms with Crippen molar-refractivity contribution in [2.75, 3.05) is 0 Å². The Morgan fingerprint density at radius 1 is 0.365 bits per heavy atom. The van der Waals surface area contributed by atoms with E-state index in [-0.39, 0.29) is 40.8 Å². The van der Waals surface area contributed by atoms with Gasteiger partial charge in [-0.2, -0.15) is 16.8 Å². The summed E-state index contributed by atoms with van der Waals surface area (Å²) >= 11 is 0. The molecule has 0 aliphatic carbocycles. The predicted molar refractivity (Wildman–Crippen MR) is 263 cm³/mol. The van der Waals surface area contributed by atoms with Crippen molar-refractivity contribution in [3.63, 3.8) is 0 Å². The largest absolute Gasteiger partial charge is 1.00 e.